The van der Waals surface area contributed by atoms with Crippen LogP contribution in [0.3, 0.4) is 0 Å². The molecule has 0 unspecified atom stereocenters. The topological polar surface area (TPSA) is 94.5 Å². The molecule has 2 amide bonds. The number of likely N-dealkylation sites (N-methyl/N-ethyl adjacent to an activating group) is 1. The molecule has 0 aliphatic heterocycles. The van der Waals surface area contributed by atoms with Crippen LogP contribution in [0, 0.1) is 6.92 Å². The summed E-state index contributed by atoms with van der Waals surface area (Å²) in [6, 6.07) is 11.1. The van der Waals surface area contributed by atoms with Gasteiger partial charge in [0.15, 0.2) is 18.1 Å². The fraction of sp³-hybridized carbons (Fsp3) is 0.346. The maximum atomic E-state index is 13.1. The Bertz CT molecular complexity index is 1240. The van der Waals surface area contributed by atoms with E-state index in [4.69, 9.17) is 21.1 Å². The molecule has 1 aromatic heterocycles. The Kier molecular flexibility index (Phi) is 7.60. The second-order valence-corrected chi connectivity index (χ2v) is 8.88. The number of hydrogen-bond donors (Lipinski definition) is 2. The average Bonchev–Trinajstić information content (AvgIpc) is 3.60. The molecule has 1 fully saturated rings. The molecule has 0 bridgehead atoms. The van der Waals surface area contributed by atoms with Gasteiger partial charge in [-0.25, -0.2) is 4.68 Å². The number of benzene rings is 2. The summed E-state index contributed by atoms with van der Waals surface area (Å²) in [7, 11) is 1.53. The molecule has 1 aliphatic rings. The maximum Gasteiger partial charge on any atom is 0.257 e. The molecule has 0 radical (unpaired) electrons. The van der Waals surface area contributed by atoms with E-state index < -0.39 is 0 Å². The Morgan fingerprint density at radius 3 is 2.63 bits per heavy atom. The van der Waals surface area contributed by atoms with Crippen molar-refractivity contribution < 1.29 is 19.1 Å². The number of carbonyl (C=O) groups excluding carboxylic acids is 2. The Labute approximate surface area is 209 Å². The fourth-order valence-corrected chi connectivity index (χ4v) is 3.99. The van der Waals surface area contributed by atoms with Crippen molar-refractivity contribution in [3.63, 3.8) is 0 Å². The number of carbonyl (C=O) groups is 2. The van der Waals surface area contributed by atoms with E-state index in [1.807, 2.05) is 42.8 Å². The zero-order valence-corrected chi connectivity index (χ0v) is 20.8. The van der Waals surface area contributed by atoms with Gasteiger partial charge in [-0.1, -0.05) is 23.7 Å². The van der Waals surface area contributed by atoms with Gasteiger partial charge >= 0.3 is 0 Å². The van der Waals surface area contributed by atoms with E-state index in [9.17, 15) is 9.59 Å². The van der Waals surface area contributed by atoms with Crippen molar-refractivity contribution in [2.45, 2.75) is 39.2 Å². The van der Waals surface area contributed by atoms with Gasteiger partial charge in [-0.05, 0) is 62.1 Å². The molecule has 184 valence electrons. The van der Waals surface area contributed by atoms with E-state index in [1.165, 1.54) is 7.11 Å². The molecule has 0 atom stereocenters. The third-order valence-electron chi connectivity index (χ3n) is 5.83. The van der Waals surface area contributed by atoms with Crippen molar-refractivity contribution in [2.75, 3.05) is 20.3 Å². The van der Waals surface area contributed by atoms with Crippen LogP contribution >= 0.6 is 11.6 Å². The monoisotopic (exact) mass is 496 g/mol. The molecule has 2 N–H and O–H groups in total. The van der Waals surface area contributed by atoms with E-state index in [0.717, 1.165) is 35.3 Å². The van der Waals surface area contributed by atoms with Crippen molar-refractivity contribution >= 4 is 23.4 Å². The van der Waals surface area contributed by atoms with Gasteiger partial charge < -0.3 is 20.1 Å². The number of rotatable bonds is 10. The molecule has 9 heteroatoms. The van der Waals surface area contributed by atoms with Gasteiger partial charge in [0.05, 0.1) is 30.3 Å². The Morgan fingerprint density at radius 1 is 1.14 bits per heavy atom. The Morgan fingerprint density at radius 2 is 1.94 bits per heavy atom. The third kappa shape index (κ3) is 5.77. The van der Waals surface area contributed by atoms with Gasteiger partial charge in [-0.3, -0.25) is 9.59 Å². The summed E-state index contributed by atoms with van der Waals surface area (Å²) in [5, 5.41) is 10.8. The summed E-state index contributed by atoms with van der Waals surface area (Å²) in [6.07, 6.45) is 3.68. The minimum Gasteiger partial charge on any atom is -0.493 e. The highest BCUT2D eigenvalue weighted by Gasteiger charge is 2.33. The lowest BCUT2D eigenvalue weighted by Gasteiger charge is -2.13. The fourth-order valence-electron chi connectivity index (χ4n) is 3.81. The molecular formula is C26H29ClN4O4. The normalized spacial score (nSPS) is 12.8. The van der Waals surface area contributed by atoms with Crippen LogP contribution in [-0.2, 0) is 11.3 Å². The number of amides is 2. The van der Waals surface area contributed by atoms with Crippen LogP contribution in [0.5, 0.6) is 11.5 Å². The van der Waals surface area contributed by atoms with Gasteiger partial charge in [-0.15, -0.1) is 0 Å². The molecule has 8 nitrogen and oxygen atoms in total. The summed E-state index contributed by atoms with van der Waals surface area (Å²) >= 11 is 6.32. The molecule has 1 heterocycles. The number of nitrogens with zero attached hydrogens (tertiary/aromatic N) is 2. The quantitative estimate of drug-likeness (QED) is 0.439. The number of aromatic nitrogens is 2. The first-order valence-corrected chi connectivity index (χ1v) is 12.0. The summed E-state index contributed by atoms with van der Waals surface area (Å²) in [6.45, 7) is 4.54. The summed E-state index contributed by atoms with van der Waals surface area (Å²) in [4.78, 5) is 24.8. The standard InChI is InChI=1S/C26H29ClN4O4/c1-4-28-24(32)15-35-22-10-6-17(11-23(22)34-3)13-29-26(33)20-14-30-31(25(20)18-7-8-18)19-9-5-16(2)21(27)12-19/h5-6,9-12,14,18H,4,7-8,13,15H2,1-3H3,(H,28,32)(H,29,33). The van der Waals surface area contributed by atoms with Crippen LogP contribution < -0.4 is 20.1 Å². The first-order valence-electron chi connectivity index (χ1n) is 11.6. The molecule has 0 spiro atoms. The largest absolute Gasteiger partial charge is 0.493 e. The number of aryl methyl sites for hydroxylation is 1. The number of methoxy groups -OCH3 is 1. The van der Waals surface area contributed by atoms with Crippen LogP contribution in [-0.4, -0.2) is 41.9 Å². The van der Waals surface area contributed by atoms with Gasteiger partial charge in [-0.2, -0.15) is 5.10 Å². The highest BCUT2D eigenvalue weighted by molar-refractivity contribution is 6.31. The van der Waals surface area contributed by atoms with Crippen molar-refractivity contribution in [3.8, 4) is 17.2 Å². The second-order valence-electron chi connectivity index (χ2n) is 8.47. The van der Waals surface area contributed by atoms with E-state index >= 15 is 0 Å². The van der Waals surface area contributed by atoms with Crippen LogP contribution in [0.25, 0.3) is 5.69 Å². The van der Waals surface area contributed by atoms with Crippen molar-refractivity contribution in [2.24, 2.45) is 0 Å². The SMILES string of the molecule is CCNC(=O)COc1ccc(CNC(=O)c2cnn(-c3ccc(C)c(Cl)c3)c2C2CC2)cc1OC. The second kappa shape index (κ2) is 10.8. The van der Waals surface area contributed by atoms with E-state index in [0.29, 0.717) is 41.1 Å². The van der Waals surface area contributed by atoms with Gasteiger partial charge in [0.2, 0.25) is 0 Å². The number of nitrogens with one attached hydrogen (secondary N) is 2. The molecule has 35 heavy (non-hydrogen) atoms. The smallest absolute Gasteiger partial charge is 0.257 e. The van der Waals surface area contributed by atoms with Crippen LogP contribution in [0.15, 0.2) is 42.6 Å². The number of hydrogen-bond acceptors (Lipinski definition) is 5. The lowest BCUT2D eigenvalue weighted by atomic mass is 10.1. The average molecular weight is 497 g/mol. The third-order valence-corrected chi connectivity index (χ3v) is 6.24. The van der Waals surface area contributed by atoms with Crippen LogP contribution in [0.4, 0.5) is 0 Å². The molecule has 0 saturated heterocycles. The molecule has 4 rings (SSSR count). The van der Waals surface area contributed by atoms with Gasteiger partial charge in [0.1, 0.15) is 0 Å². The maximum absolute atomic E-state index is 13.1. The van der Waals surface area contributed by atoms with Gasteiger partial charge in [0.25, 0.3) is 11.8 Å². The van der Waals surface area contributed by atoms with E-state index in [1.54, 1.807) is 18.3 Å². The first-order chi connectivity index (χ1) is 16.9. The predicted molar refractivity (Wildman–Crippen MR) is 134 cm³/mol. The molecule has 2 aromatic carbocycles. The van der Waals surface area contributed by atoms with Crippen LogP contribution in [0.2, 0.25) is 5.02 Å². The first kappa shape index (κ1) is 24.6. The lowest BCUT2D eigenvalue weighted by molar-refractivity contribution is -0.123. The van der Waals surface area contributed by atoms with Gasteiger partial charge in [0, 0.05) is 24.0 Å². The summed E-state index contributed by atoms with van der Waals surface area (Å²) in [5.74, 6) is 0.865. The highest BCUT2D eigenvalue weighted by Crippen LogP contribution is 2.42. The number of ether oxygens (including phenoxy) is 2. The summed E-state index contributed by atoms with van der Waals surface area (Å²) in [5.41, 5.74) is 4.15. The van der Waals surface area contributed by atoms with E-state index in [-0.39, 0.29) is 18.4 Å². The van der Waals surface area contributed by atoms with Crippen LogP contribution in [0.1, 0.15) is 52.9 Å². The molecule has 1 aliphatic carbocycles. The highest BCUT2D eigenvalue weighted by atomic mass is 35.5. The lowest BCUT2D eigenvalue weighted by Crippen LogP contribution is -2.28. The van der Waals surface area contributed by atoms with Crippen molar-refractivity contribution in [1.82, 2.24) is 20.4 Å². The zero-order valence-electron chi connectivity index (χ0n) is 20.1. The molecule has 3 aromatic rings. The Hall–Kier alpha value is -3.52. The Balaban J connectivity index is 1.46. The summed E-state index contributed by atoms with van der Waals surface area (Å²) < 4.78 is 12.8. The van der Waals surface area contributed by atoms with Crippen molar-refractivity contribution in [1.29, 1.82) is 0 Å². The molecule has 1 saturated carbocycles. The minimum absolute atomic E-state index is 0.0968. The predicted octanol–water partition coefficient (Wildman–Crippen LogP) is 4.17. The number of halogens is 1. The van der Waals surface area contributed by atoms with Crippen molar-refractivity contribution in [3.05, 3.63) is 70.0 Å². The minimum atomic E-state index is -0.203. The zero-order chi connectivity index (χ0) is 24.9. The van der Waals surface area contributed by atoms with E-state index in [2.05, 4.69) is 15.7 Å². The molecular weight excluding hydrogens is 468 g/mol.